The van der Waals surface area contributed by atoms with Gasteiger partial charge in [-0.25, -0.2) is 4.79 Å². The predicted octanol–water partition coefficient (Wildman–Crippen LogP) is 3.14. The minimum absolute atomic E-state index is 0.285. The second kappa shape index (κ2) is 6.80. The average molecular weight is 341 g/mol. The number of aromatic nitrogens is 2. The van der Waals surface area contributed by atoms with Gasteiger partial charge in [-0.1, -0.05) is 23.4 Å². The molecule has 0 aliphatic rings. The summed E-state index contributed by atoms with van der Waals surface area (Å²) >= 11 is 0. The summed E-state index contributed by atoms with van der Waals surface area (Å²) in [5, 5.41) is 7.03. The van der Waals surface area contributed by atoms with E-state index in [9.17, 15) is 9.59 Å². The van der Waals surface area contributed by atoms with Gasteiger partial charge >= 0.3 is 5.97 Å². The molecule has 2 aromatic heterocycles. The van der Waals surface area contributed by atoms with Gasteiger partial charge in [0.15, 0.2) is 11.9 Å². The highest BCUT2D eigenvalue weighted by molar-refractivity contribution is 6.05. The average Bonchev–Trinajstić information content (AvgIpc) is 3.18. The highest BCUT2D eigenvalue weighted by Crippen LogP contribution is 2.22. The van der Waals surface area contributed by atoms with Gasteiger partial charge in [0.05, 0.1) is 5.56 Å². The third-order valence-electron chi connectivity index (χ3n) is 3.88. The first-order chi connectivity index (χ1) is 12.0. The van der Waals surface area contributed by atoms with Crippen LogP contribution in [-0.4, -0.2) is 27.7 Å². The molecule has 0 fully saturated rings. The molecule has 0 radical (unpaired) electrons. The monoisotopic (exact) mass is 341 g/mol. The van der Waals surface area contributed by atoms with Crippen molar-refractivity contribution < 1.29 is 18.8 Å². The van der Waals surface area contributed by atoms with Crippen LogP contribution in [0.2, 0.25) is 0 Å². The maximum absolute atomic E-state index is 12.5. The molecule has 0 aliphatic carbocycles. The molecule has 0 saturated heterocycles. The largest absolute Gasteiger partial charge is 0.449 e. The number of fused-ring (bicyclic) bond motifs is 1. The van der Waals surface area contributed by atoms with E-state index in [4.69, 9.17) is 9.26 Å². The molecule has 0 bridgehead atoms. The normalized spacial score (nSPS) is 12.1. The minimum Gasteiger partial charge on any atom is -0.449 e. The Kier molecular flexibility index (Phi) is 4.56. The van der Waals surface area contributed by atoms with Crippen molar-refractivity contribution in [1.82, 2.24) is 9.72 Å². The molecule has 130 valence electrons. The first-order valence-electron chi connectivity index (χ1n) is 8.02. The molecule has 7 heteroatoms. The van der Waals surface area contributed by atoms with Gasteiger partial charge in [0.1, 0.15) is 5.76 Å². The zero-order chi connectivity index (χ0) is 18.0. The maximum atomic E-state index is 12.5. The molecular formula is C18H19N3O4. The summed E-state index contributed by atoms with van der Waals surface area (Å²) in [6.45, 7) is 5.96. The van der Waals surface area contributed by atoms with E-state index in [0.717, 1.165) is 17.4 Å². The number of carbonyl (C=O) groups excluding carboxylic acids is 2. The standard InChI is InChI=1S/C18H19N3O4/c1-4-21-10-14(13-7-5-6-8-15(13)21)18(23)24-12(3)17(22)19-16-9-11(2)25-20-16/h5-10,12H,4H2,1-3H3,(H,19,20,22)/t12-/m0/s1. The van der Waals surface area contributed by atoms with Gasteiger partial charge in [-0.2, -0.15) is 0 Å². The molecule has 1 N–H and O–H groups in total. The zero-order valence-electron chi connectivity index (χ0n) is 14.3. The molecule has 2 heterocycles. The summed E-state index contributed by atoms with van der Waals surface area (Å²) < 4.78 is 12.2. The van der Waals surface area contributed by atoms with Crippen LogP contribution in [0, 0.1) is 6.92 Å². The Labute approximate surface area is 144 Å². The number of para-hydroxylation sites is 1. The molecule has 25 heavy (non-hydrogen) atoms. The second-order valence-corrected chi connectivity index (χ2v) is 5.71. The maximum Gasteiger partial charge on any atom is 0.341 e. The van der Waals surface area contributed by atoms with Crippen LogP contribution in [-0.2, 0) is 16.1 Å². The van der Waals surface area contributed by atoms with Gasteiger partial charge in [-0.05, 0) is 26.8 Å². The smallest absolute Gasteiger partial charge is 0.341 e. The number of amides is 1. The number of nitrogens with one attached hydrogen (secondary N) is 1. The summed E-state index contributed by atoms with van der Waals surface area (Å²) in [6, 6.07) is 9.17. The molecule has 0 unspecified atom stereocenters. The quantitative estimate of drug-likeness (QED) is 0.721. The molecule has 3 rings (SSSR count). The lowest BCUT2D eigenvalue weighted by molar-refractivity contribution is -0.123. The molecule has 7 nitrogen and oxygen atoms in total. The molecule has 1 aromatic carbocycles. The van der Waals surface area contributed by atoms with E-state index in [-0.39, 0.29) is 5.82 Å². The SMILES string of the molecule is CCn1cc(C(=O)O[C@@H](C)C(=O)Nc2cc(C)on2)c2ccccc21. The number of hydrogen-bond donors (Lipinski definition) is 1. The fraction of sp³-hybridized carbons (Fsp3) is 0.278. The van der Waals surface area contributed by atoms with Crippen LogP contribution in [0.25, 0.3) is 10.9 Å². The summed E-state index contributed by atoms with van der Waals surface area (Å²) in [5.74, 6) is -0.149. The Balaban J connectivity index is 1.74. The van der Waals surface area contributed by atoms with Crippen molar-refractivity contribution in [3.63, 3.8) is 0 Å². The lowest BCUT2D eigenvalue weighted by Gasteiger charge is -2.11. The van der Waals surface area contributed by atoms with Crippen LogP contribution in [0.15, 0.2) is 41.1 Å². The van der Waals surface area contributed by atoms with Crippen LogP contribution in [0.3, 0.4) is 0 Å². The van der Waals surface area contributed by atoms with Gasteiger partial charge in [0, 0.05) is 29.7 Å². The summed E-state index contributed by atoms with van der Waals surface area (Å²) in [4.78, 5) is 24.6. The summed E-state index contributed by atoms with van der Waals surface area (Å²) in [5.41, 5.74) is 1.39. The zero-order valence-corrected chi connectivity index (χ0v) is 14.3. The number of rotatable bonds is 5. The highest BCUT2D eigenvalue weighted by Gasteiger charge is 2.22. The molecule has 0 saturated carbocycles. The molecule has 1 atom stereocenters. The number of esters is 1. The number of aryl methyl sites for hydroxylation is 2. The van der Waals surface area contributed by atoms with E-state index in [1.807, 2.05) is 35.8 Å². The van der Waals surface area contributed by atoms with Crippen molar-refractivity contribution in [3.05, 3.63) is 47.9 Å². The molecule has 3 aromatic rings. The molecule has 1 amide bonds. The Bertz CT molecular complexity index is 925. The van der Waals surface area contributed by atoms with Crippen LogP contribution in [0.1, 0.15) is 30.0 Å². The number of nitrogens with zero attached hydrogens (tertiary/aromatic N) is 2. The van der Waals surface area contributed by atoms with Gasteiger partial charge in [-0.15, -0.1) is 0 Å². The van der Waals surface area contributed by atoms with Crippen molar-refractivity contribution in [3.8, 4) is 0 Å². The van der Waals surface area contributed by atoms with Crippen molar-refractivity contribution >= 4 is 28.6 Å². The van der Waals surface area contributed by atoms with Crippen LogP contribution in [0.5, 0.6) is 0 Å². The predicted molar refractivity (Wildman–Crippen MR) is 92.4 cm³/mol. The van der Waals surface area contributed by atoms with Gasteiger partial charge in [-0.3, -0.25) is 4.79 Å². The number of anilines is 1. The van der Waals surface area contributed by atoms with Crippen molar-refractivity contribution in [2.45, 2.75) is 33.4 Å². The van der Waals surface area contributed by atoms with Crippen LogP contribution in [0.4, 0.5) is 5.82 Å². The third kappa shape index (κ3) is 3.40. The molecule has 0 aliphatic heterocycles. The Morgan fingerprint density at radius 3 is 2.80 bits per heavy atom. The minimum atomic E-state index is -0.965. The number of benzene rings is 1. The Hall–Kier alpha value is -3.09. The lowest BCUT2D eigenvalue weighted by Crippen LogP contribution is -2.30. The summed E-state index contributed by atoms with van der Waals surface area (Å²) in [7, 11) is 0. The van der Waals surface area contributed by atoms with Crippen molar-refractivity contribution in [1.29, 1.82) is 0 Å². The van der Waals surface area contributed by atoms with E-state index in [2.05, 4.69) is 10.5 Å². The van der Waals surface area contributed by atoms with Gasteiger partial charge < -0.3 is 19.1 Å². The van der Waals surface area contributed by atoms with E-state index in [1.54, 1.807) is 19.2 Å². The van der Waals surface area contributed by atoms with E-state index in [0.29, 0.717) is 11.3 Å². The van der Waals surface area contributed by atoms with Gasteiger partial charge in [0.2, 0.25) is 0 Å². The van der Waals surface area contributed by atoms with Gasteiger partial charge in [0.25, 0.3) is 5.91 Å². The highest BCUT2D eigenvalue weighted by atomic mass is 16.5. The first-order valence-corrected chi connectivity index (χ1v) is 8.02. The second-order valence-electron chi connectivity index (χ2n) is 5.71. The fourth-order valence-corrected chi connectivity index (χ4v) is 2.60. The lowest BCUT2D eigenvalue weighted by atomic mass is 10.2. The fourth-order valence-electron chi connectivity index (χ4n) is 2.60. The third-order valence-corrected chi connectivity index (χ3v) is 3.88. The Morgan fingerprint density at radius 2 is 2.12 bits per heavy atom. The van der Waals surface area contributed by atoms with Crippen molar-refractivity contribution in [2.75, 3.05) is 5.32 Å². The van der Waals surface area contributed by atoms with E-state index < -0.39 is 18.0 Å². The number of carbonyl (C=O) groups is 2. The number of hydrogen-bond acceptors (Lipinski definition) is 5. The number of ether oxygens (including phenoxy) is 1. The van der Waals surface area contributed by atoms with Crippen LogP contribution >= 0.6 is 0 Å². The molecule has 0 spiro atoms. The Morgan fingerprint density at radius 1 is 1.36 bits per heavy atom. The summed E-state index contributed by atoms with van der Waals surface area (Å²) in [6.07, 6.45) is 0.784. The van der Waals surface area contributed by atoms with E-state index in [1.165, 1.54) is 6.92 Å². The molecular weight excluding hydrogens is 322 g/mol. The van der Waals surface area contributed by atoms with Crippen molar-refractivity contribution in [2.24, 2.45) is 0 Å². The van der Waals surface area contributed by atoms with E-state index >= 15 is 0 Å². The topological polar surface area (TPSA) is 86.4 Å². The van der Waals surface area contributed by atoms with Crippen LogP contribution < -0.4 is 5.32 Å². The first kappa shape index (κ1) is 16.8.